The monoisotopic (exact) mass is 155 g/mol. The third kappa shape index (κ3) is 2.20. The largest absolute Gasteiger partial charge is 0.467 e. The van der Waals surface area contributed by atoms with Crippen LogP contribution < -0.4 is 5.73 Å². The molecule has 0 radical (unpaired) electrons. The number of carbonyl (C=O) groups excluding carboxylic acids is 1. The minimum Gasteiger partial charge on any atom is -0.467 e. The van der Waals surface area contributed by atoms with Gasteiger partial charge in [-0.1, -0.05) is 12.2 Å². The van der Waals surface area contributed by atoms with Gasteiger partial charge in [-0.3, -0.25) is 0 Å². The molecule has 0 aromatic heterocycles. The van der Waals surface area contributed by atoms with Crippen LogP contribution >= 0.6 is 0 Å². The maximum atomic E-state index is 11.0. The topological polar surface area (TPSA) is 52.3 Å². The standard InChI is InChI=1S/C8H13NO2/c1-4-6-8(9,5-2)7(10)11-3/h4-5H,1-2,6,9H2,3H3/t8-/m0/s1. The zero-order valence-corrected chi connectivity index (χ0v) is 6.67. The maximum Gasteiger partial charge on any atom is 0.330 e. The van der Waals surface area contributed by atoms with Gasteiger partial charge in [-0.25, -0.2) is 4.79 Å². The van der Waals surface area contributed by atoms with Crippen molar-refractivity contribution in [3.63, 3.8) is 0 Å². The Bertz CT molecular complexity index is 177. The van der Waals surface area contributed by atoms with E-state index in [9.17, 15) is 4.79 Å². The average Bonchev–Trinajstić information content (AvgIpc) is 2.03. The van der Waals surface area contributed by atoms with Crippen LogP contribution in [-0.4, -0.2) is 18.6 Å². The van der Waals surface area contributed by atoms with Crippen LogP contribution in [-0.2, 0) is 9.53 Å². The quantitative estimate of drug-likeness (QED) is 0.478. The lowest BCUT2D eigenvalue weighted by atomic mass is 9.97. The predicted molar refractivity (Wildman–Crippen MR) is 43.9 cm³/mol. The van der Waals surface area contributed by atoms with Gasteiger partial charge in [0, 0.05) is 0 Å². The Balaban J connectivity index is 4.43. The molecule has 0 bridgehead atoms. The molecule has 0 aliphatic heterocycles. The lowest BCUT2D eigenvalue weighted by Gasteiger charge is -2.19. The van der Waals surface area contributed by atoms with Crippen LogP contribution in [0.3, 0.4) is 0 Å². The molecule has 0 fully saturated rings. The van der Waals surface area contributed by atoms with Crippen LogP contribution in [0.2, 0.25) is 0 Å². The summed E-state index contributed by atoms with van der Waals surface area (Å²) in [5, 5.41) is 0. The van der Waals surface area contributed by atoms with Gasteiger partial charge in [0.25, 0.3) is 0 Å². The Labute approximate surface area is 66.5 Å². The van der Waals surface area contributed by atoms with Gasteiger partial charge >= 0.3 is 5.97 Å². The summed E-state index contributed by atoms with van der Waals surface area (Å²) in [4.78, 5) is 11.0. The van der Waals surface area contributed by atoms with Crippen molar-refractivity contribution < 1.29 is 9.53 Å². The highest BCUT2D eigenvalue weighted by molar-refractivity contribution is 5.83. The number of ether oxygens (including phenoxy) is 1. The summed E-state index contributed by atoms with van der Waals surface area (Å²) < 4.78 is 4.48. The fourth-order valence-electron chi connectivity index (χ4n) is 0.679. The van der Waals surface area contributed by atoms with Crippen molar-refractivity contribution in [3.05, 3.63) is 25.3 Å². The summed E-state index contributed by atoms with van der Waals surface area (Å²) >= 11 is 0. The molecule has 0 heterocycles. The second kappa shape index (κ2) is 3.93. The smallest absolute Gasteiger partial charge is 0.330 e. The van der Waals surface area contributed by atoms with E-state index in [1.165, 1.54) is 13.2 Å². The number of methoxy groups -OCH3 is 1. The van der Waals surface area contributed by atoms with Crippen molar-refractivity contribution in [2.45, 2.75) is 12.0 Å². The first-order valence-electron chi connectivity index (χ1n) is 3.22. The normalized spacial score (nSPS) is 14.7. The highest BCUT2D eigenvalue weighted by Gasteiger charge is 2.29. The molecule has 11 heavy (non-hydrogen) atoms. The van der Waals surface area contributed by atoms with E-state index in [-0.39, 0.29) is 0 Å². The minimum absolute atomic E-state index is 0.336. The van der Waals surface area contributed by atoms with Gasteiger partial charge in [0.1, 0.15) is 5.54 Å². The van der Waals surface area contributed by atoms with Gasteiger partial charge in [0.05, 0.1) is 7.11 Å². The third-order valence-electron chi connectivity index (χ3n) is 1.41. The van der Waals surface area contributed by atoms with Gasteiger partial charge < -0.3 is 10.5 Å². The predicted octanol–water partition coefficient (Wildman–Crippen LogP) is 0.619. The van der Waals surface area contributed by atoms with Crippen LogP contribution in [0.4, 0.5) is 0 Å². The van der Waals surface area contributed by atoms with Gasteiger partial charge in [0.15, 0.2) is 0 Å². The van der Waals surface area contributed by atoms with E-state index in [0.29, 0.717) is 6.42 Å². The molecule has 2 N–H and O–H groups in total. The Morgan fingerprint density at radius 2 is 2.27 bits per heavy atom. The molecule has 3 nitrogen and oxygen atoms in total. The van der Waals surface area contributed by atoms with Crippen LogP contribution in [0.5, 0.6) is 0 Å². The molecule has 0 saturated carbocycles. The Morgan fingerprint density at radius 1 is 1.73 bits per heavy atom. The van der Waals surface area contributed by atoms with E-state index in [1.807, 2.05) is 0 Å². The van der Waals surface area contributed by atoms with Crippen molar-refractivity contribution in [1.29, 1.82) is 0 Å². The minimum atomic E-state index is -1.11. The van der Waals surface area contributed by atoms with Gasteiger partial charge in [-0.15, -0.1) is 13.2 Å². The first-order valence-corrected chi connectivity index (χ1v) is 3.22. The Morgan fingerprint density at radius 3 is 2.55 bits per heavy atom. The van der Waals surface area contributed by atoms with E-state index >= 15 is 0 Å². The van der Waals surface area contributed by atoms with E-state index in [0.717, 1.165) is 0 Å². The summed E-state index contributed by atoms with van der Waals surface area (Å²) in [5.74, 6) is -0.493. The molecule has 0 rings (SSSR count). The first-order chi connectivity index (χ1) is 5.10. The van der Waals surface area contributed by atoms with E-state index in [2.05, 4.69) is 17.9 Å². The molecule has 0 amide bonds. The number of carbonyl (C=O) groups is 1. The van der Waals surface area contributed by atoms with Crippen LogP contribution in [0, 0.1) is 0 Å². The molecular formula is C8H13NO2. The first kappa shape index (κ1) is 9.91. The highest BCUT2D eigenvalue weighted by atomic mass is 16.5. The van der Waals surface area contributed by atoms with E-state index < -0.39 is 11.5 Å². The molecule has 3 heteroatoms. The van der Waals surface area contributed by atoms with Crippen LogP contribution in [0.15, 0.2) is 25.3 Å². The highest BCUT2D eigenvalue weighted by Crippen LogP contribution is 2.10. The van der Waals surface area contributed by atoms with Crippen molar-refractivity contribution in [3.8, 4) is 0 Å². The Hall–Kier alpha value is -1.09. The molecule has 0 saturated heterocycles. The SMILES string of the molecule is C=CC[C@@](N)(C=C)C(=O)OC. The zero-order valence-electron chi connectivity index (χ0n) is 6.67. The summed E-state index contributed by atoms with van der Waals surface area (Å²) in [7, 11) is 1.29. The summed E-state index contributed by atoms with van der Waals surface area (Å²) in [6, 6.07) is 0. The number of rotatable bonds is 4. The molecule has 0 spiro atoms. The fraction of sp³-hybridized carbons (Fsp3) is 0.375. The van der Waals surface area contributed by atoms with Crippen LogP contribution in [0.25, 0.3) is 0 Å². The lowest BCUT2D eigenvalue weighted by Crippen LogP contribution is -2.46. The maximum absolute atomic E-state index is 11.0. The second-order valence-electron chi connectivity index (χ2n) is 2.23. The van der Waals surface area contributed by atoms with Crippen molar-refractivity contribution in [1.82, 2.24) is 0 Å². The fourth-order valence-corrected chi connectivity index (χ4v) is 0.679. The summed E-state index contributed by atoms with van der Waals surface area (Å²) in [5.41, 5.74) is 4.48. The number of nitrogens with two attached hydrogens (primary N) is 1. The second-order valence-corrected chi connectivity index (χ2v) is 2.23. The lowest BCUT2D eigenvalue weighted by molar-refractivity contribution is -0.145. The summed E-state index contributed by atoms with van der Waals surface area (Å²) in [6.07, 6.45) is 3.25. The number of hydrogen-bond donors (Lipinski definition) is 1. The molecule has 0 aliphatic rings. The molecule has 1 atom stereocenters. The summed E-state index contributed by atoms with van der Waals surface area (Å²) in [6.45, 7) is 6.92. The van der Waals surface area contributed by atoms with Crippen molar-refractivity contribution >= 4 is 5.97 Å². The number of esters is 1. The average molecular weight is 155 g/mol. The molecule has 62 valence electrons. The van der Waals surface area contributed by atoms with Crippen molar-refractivity contribution in [2.75, 3.05) is 7.11 Å². The van der Waals surface area contributed by atoms with Gasteiger partial charge in [-0.2, -0.15) is 0 Å². The molecule has 0 aromatic rings. The van der Waals surface area contributed by atoms with Gasteiger partial charge in [-0.05, 0) is 6.42 Å². The molecular weight excluding hydrogens is 142 g/mol. The van der Waals surface area contributed by atoms with E-state index in [1.54, 1.807) is 6.08 Å². The van der Waals surface area contributed by atoms with Crippen LogP contribution in [0.1, 0.15) is 6.42 Å². The van der Waals surface area contributed by atoms with Gasteiger partial charge in [0.2, 0.25) is 0 Å². The molecule has 0 unspecified atom stereocenters. The third-order valence-corrected chi connectivity index (χ3v) is 1.41. The Kier molecular flexibility index (Phi) is 3.54. The number of hydrogen-bond acceptors (Lipinski definition) is 3. The molecule has 0 aliphatic carbocycles. The van der Waals surface area contributed by atoms with E-state index in [4.69, 9.17) is 5.73 Å². The van der Waals surface area contributed by atoms with Crippen molar-refractivity contribution in [2.24, 2.45) is 5.73 Å². The zero-order chi connectivity index (χ0) is 8.91. The molecule has 0 aromatic carbocycles.